The Balaban J connectivity index is 1.43. The highest BCUT2D eigenvalue weighted by molar-refractivity contribution is 7.89. The molecule has 0 atom stereocenters. The highest BCUT2D eigenvalue weighted by atomic mass is 32.2. The zero-order valence-corrected chi connectivity index (χ0v) is 17.4. The molecule has 0 N–H and O–H groups in total. The van der Waals surface area contributed by atoms with E-state index in [1.54, 1.807) is 29.2 Å². The van der Waals surface area contributed by atoms with Crippen molar-refractivity contribution in [2.24, 2.45) is 0 Å². The first-order chi connectivity index (χ1) is 13.9. The summed E-state index contributed by atoms with van der Waals surface area (Å²) in [6, 6.07) is 14.6. The molecule has 4 rings (SSSR count). The summed E-state index contributed by atoms with van der Waals surface area (Å²) >= 11 is 0. The molecule has 0 radical (unpaired) electrons. The summed E-state index contributed by atoms with van der Waals surface area (Å²) in [6.45, 7) is 5.38. The van der Waals surface area contributed by atoms with Crippen molar-refractivity contribution in [2.75, 3.05) is 26.2 Å². The van der Waals surface area contributed by atoms with Crippen LogP contribution in [0.1, 0.15) is 11.4 Å². The Hall–Kier alpha value is -2.71. The number of benzene rings is 2. The minimum Gasteiger partial charge on any atom is -0.339 e. The van der Waals surface area contributed by atoms with Gasteiger partial charge in [0, 0.05) is 26.2 Å². The van der Waals surface area contributed by atoms with E-state index in [9.17, 15) is 13.2 Å². The van der Waals surface area contributed by atoms with Gasteiger partial charge in [0.1, 0.15) is 12.4 Å². The highest BCUT2D eigenvalue weighted by Gasteiger charge is 2.30. The quantitative estimate of drug-likeness (QED) is 0.658. The van der Waals surface area contributed by atoms with E-state index in [2.05, 4.69) is 4.98 Å². The standard InChI is InChI=1S/C21H24N4O3S/c1-16-7-9-18(10-8-16)29(27,28)24-13-11-23(12-14-24)21(26)15-25-17(2)22-19-5-3-4-6-20(19)25/h3-10H,11-15H2,1-2H3. The average Bonchev–Trinajstić information content (AvgIpc) is 3.03. The number of hydrogen-bond donors (Lipinski definition) is 0. The van der Waals surface area contributed by atoms with Crippen LogP contribution in [0, 0.1) is 13.8 Å². The molecule has 2 heterocycles. The van der Waals surface area contributed by atoms with Gasteiger partial charge in [0.15, 0.2) is 0 Å². The van der Waals surface area contributed by atoms with E-state index in [0.29, 0.717) is 31.1 Å². The van der Waals surface area contributed by atoms with Gasteiger partial charge in [-0.2, -0.15) is 4.31 Å². The fourth-order valence-electron chi connectivity index (χ4n) is 3.67. The van der Waals surface area contributed by atoms with Crippen LogP contribution >= 0.6 is 0 Å². The summed E-state index contributed by atoms with van der Waals surface area (Å²) in [7, 11) is -3.53. The zero-order valence-electron chi connectivity index (χ0n) is 16.6. The second kappa shape index (κ2) is 7.61. The second-order valence-electron chi connectivity index (χ2n) is 7.33. The van der Waals surface area contributed by atoms with Gasteiger partial charge >= 0.3 is 0 Å². The van der Waals surface area contributed by atoms with E-state index in [0.717, 1.165) is 22.4 Å². The van der Waals surface area contributed by atoms with Gasteiger partial charge in [-0.3, -0.25) is 4.79 Å². The van der Waals surface area contributed by atoms with Gasteiger partial charge in [-0.15, -0.1) is 0 Å². The van der Waals surface area contributed by atoms with Crippen LogP contribution in [0.5, 0.6) is 0 Å². The molecule has 3 aromatic rings. The van der Waals surface area contributed by atoms with Crippen molar-refractivity contribution in [3.63, 3.8) is 0 Å². The molecule has 0 aliphatic carbocycles. The molecule has 0 spiro atoms. The first-order valence-corrected chi connectivity index (χ1v) is 11.1. The van der Waals surface area contributed by atoms with Crippen molar-refractivity contribution in [3.05, 3.63) is 59.9 Å². The Morgan fingerprint density at radius 1 is 0.966 bits per heavy atom. The van der Waals surface area contributed by atoms with E-state index in [1.807, 2.05) is 42.7 Å². The number of carbonyl (C=O) groups is 1. The second-order valence-corrected chi connectivity index (χ2v) is 9.27. The van der Waals surface area contributed by atoms with Gasteiger partial charge in [-0.05, 0) is 38.1 Å². The molecule has 1 saturated heterocycles. The molecular formula is C21H24N4O3S. The summed E-state index contributed by atoms with van der Waals surface area (Å²) in [5.74, 6) is 0.767. The molecule has 0 unspecified atom stereocenters. The zero-order chi connectivity index (χ0) is 20.6. The number of para-hydroxylation sites is 2. The summed E-state index contributed by atoms with van der Waals surface area (Å²) < 4.78 is 29.0. The molecule has 1 aliphatic heterocycles. The summed E-state index contributed by atoms with van der Waals surface area (Å²) in [5.41, 5.74) is 2.81. The number of hydrogen-bond acceptors (Lipinski definition) is 4. The van der Waals surface area contributed by atoms with Crippen LogP contribution in [-0.2, 0) is 21.4 Å². The molecule has 1 aliphatic rings. The fraction of sp³-hybridized carbons (Fsp3) is 0.333. The predicted molar refractivity (Wildman–Crippen MR) is 111 cm³/mol. The Morgan fingerprint density at radius 3 is 2.31 bits per heavy atom. The molecule has 152 valence electrons. The average molecular weight is 413 g/mol. The normalized spacial score (nSPS) is 15.7. The van der Waals surface area contributed by atoms with E-state index in [1.165, 1.54) is 4.31 Å². The Morgan fingerprint density at radius 2 is 1.62 bits per heavy atom. The van der Waals surface area contributed by atoms with Gasteiger partial charge in [0.05, 0.1) is 15.9 Å². The third kappa shape index (κ3) is 3.77. The predicted octanol–water partition coefficient (Wildman–Crippen LogP) is 2.19. The maximum atomic E-state index is 12.8. The van der Waals surface area contributed by atoms with E-state index < -0.39 is 10.0 Å². The molecule has 0 saturated carbocycles. The van der Waals surface area contributed by atoms with Crippen LogP contribution in [0.25, 0.3) is 11.0 Å². The third-order valence-corrected chi connectivity index (χ3v) is 7.30. The van der Waals surface area contributed by atoms with E-state index in [-0.39, 0.29) is 12.5 Å². The van der Waals surface area contributed by atoms with Crippen LogP contribution in [0.15, 0.2) is 53.4 Å². The SMILES string of the molecule is Cc1ccc(S(=O)(=O)N2CCN(C(=O)Cn3c(C)nc4ccccc43)CC2)cc1. The number of rotatable bonds is 4. The first-order valence-electron chi connectivity index (χ1n) is 9.63. The van der Waals surface area contributed by atoms with Gasteiger partial charge in [0.2, 0.25) is 15.9 Å². The van der Waals surface area contributed by atoms with E-state index >= 15 is 0 Å². The molecule has 7 nitrogen and oxygen atoms in total. The first kappa shape index (κ1) is 19.6. The van der Waals surface area contributed by atoms with Gasteiger partial charge in [-0.25, -0.2) is 13.4 Å². The Bertz CT molecular complexity index is 1140. The number of fused-ring (bicyclic) bond motifs is 1. The van der Waals surface area contributed by atoms with Crippen molar-refractivity contribution in [1.82, 2.24) is 18.8 Å². The molecule has 8 heteroatoms. The lowest BCUT2D eigenvalue weighted by atomic mass is 10.2. The number of nitrogens with zero attached hydrogens (tertiary/aromatic N) is 4. The summed E-state index contributed by atoms with van der Waals surface area (Å²) in [4.78, 5) is 19.4. The minimum absolute atomic E-state index is 0.0244. The fourth-order valence-corrected chi connectivity index (χ4v) is 5.09. The number of aromatic nitrogens is 2. The lowest BCUT2D eigenvalue weighted by molar-refractivity contribution is -0.133. The summed E-state index contributed by atoms with van der Waals surface area (Å²) in [6.07, 6.45) is 0. The molecule has 1 amide bonds. The maximum absolute atomic E-state index is 12.8. The largest absolute Gasteiger partial charge is 0.339 e. The number of piperazine rings is 1. The van der Waals surface area contributed by atoms with Crippen molar-refractivity contribution in [2.45, 2.75) is 25.3 Å². The van der Waals surface area contributed by atoms with Gasteiger partial charge in [-0.1, -0.05) is 29.8 Å². The highest BCUT2D eigenvalue weighted by Crippen LogP contribution is 2.19. The van der Waals surface area contributed by atoms with Gasteiger partial charge < -0.3 is 9.47 Å². The topological polar surface area (TPSA) is 75.5 Å². The molecule has 0 bridgehead atoms. The Labute approximate surface area is 170 Å². The van der Waals surface area contributed by atoms with Crippen molar-refractivity contribution >= 4 is 27.0 Å². The number of amides is 1. The number of carbonyl (C=O) groups excluding carboxylic acids is 1. The third-order valence-electron chi connectivity index (χ3n) is 5.39. The maximum Gasteiger partial charge on any atom is 0.243 e. The van der Waals surface area contributed by atoms with Crippen molar-refractivity contribution in [3.8, 4) is 0 Å². The van der Waals surface area contributed by atoms with Crippen LogP contribution in [-0.4, -0.2) is 59.3 Å². The van der Waals surface area contributed by atoms with Crippen LogP contribution in [0.3, 0.4) is 0 Å². The molecule has 1 aromatic heterocycles. The number of sulfonamides is 1. The minimum atomic E-state index is -3.53. The molecular weight excluding hydrogens is 388 g/mol. The molecule has 1 fully saturated rings. The van der Waals surface area contributed by atoms with Gasteiger partial charge in [0.25, 0.3) is 0 Å². The van der Waals surface area contributed by atoms with Crippen LogP contribution in [0.4, 0.5) is 0 Å². The molecule has 2 aromatic carbocycles. The van der Waals surface area contributed by atoms with Crippen LogP contribution in [0.2, 0.25) is 0 Å². The number of aryl methyl sites for hydroxylation is 2. The Kier molecular flexibility index (Phi) is 5.14. The van der Waals surface area contributed by atoms with Crippen molar-refractivity contribution < 1.29 is 13.2 Å². The van der Waals surface area contributed by atoms with E-state index in [4.69, 9.17) is 0 Å². The smallest absolute Gasteiger partial charge is 0.243 e. The summed E-state index contributed by atoms with van der Waals surface area (Å²) in [5, 5.41) is 0. The molecule has 29 heavy (non-hydrogen) atoms. The monoisotopic (exact) mass is 412 g/mol. The van der Waals surface area contributed by atoms with Crippen LogP contribution < -0.4 is 0 Å². The van der Waals surface area contributed by atoms with Crippen molar-refractivity contribution in [1.29, 1.82) is 0 Å². The lowest BCUT2D eigenvalue weighted by Gasteiger charge is -2.34. The lowest BCUT2D eigenvalue weighted by Crippen LogP contribution is -2.51. The number of imidazole rings is 1.